The molecular formula is C15H21N3O2S. The molecule has 0 saturated carbocycles. The molecule has 6 heteroatoms. The number of nitrogens with one attached hydrogen (secondary N) is 1. The molecule has 0 saturated heterocycles. The second kappa shape index (κ2) is 5.99. The molecule has 5 nitrogen and oxygen atoms in total. The summed E-state index contributed by atoms with van der Waals surface area (Å²) >= 11 is 0. The van der Waals surface area contributed by atoms with Gasteiger partial charge in [0.2, 0.25) is 10.0 Å². The highest BCUT2D eigenvalue weighted by atomic mass is 32.2. The summed E-state index contributed by atoms with van der Waals surface area (Å²) < 4.78 is 29.7. The smallest absolute Gasteiger partial charge is 0.244 e. The second-order valence-corrected chi connectivity index (χ2v) is 6.72. The number of nitrogens with zero attached hydrogens (tertiary/aromatic N) is 2. The van der Waals surface area contributed by atoms with Crippen molar-refractivity contribution in [3.63, 3.8) is 0 Å². The maximum Gasteiger partial charge on any atom is 0.244 e. The lowest BCUT2D eigenvalue weighted by Crippen LogP contribution is -2.27. The van der Waals surface area contributed by atoms with Crippen LogP contribution in [-0.4, -0.2) is 18.2 Å². The summed E-state index contributed by atoms with van der Waals surface area (Å²) in [5.41, 5.74) is 2.13. The Balaban J connectivity index is 2.33. The van der Waals surface area contributed by atoms with Crippen LogP contribution in [0.15, 0.2) is 35.2 Å². The highest BCUT2D eigenvalue weighted by Gasteiger charge is 2.26. The zero-order valence-electron chi connectivity index (χ0n) is 12.8. The van der Waals surface area contributed by atoms with Crippen LogP contribution >= 0.6 is 0 Å². The number of hydrogen-bond acceptors (Lipinski definition) is 3. The van der Waals surface area contributed by atoms with Crippen LogP contribution in [0.1, 0.15) is 36.8 Å². The van der Waals surface area contributed by atoms with Crippen molar-refractivity contribution in [2.45, 2.75) is 45.2 Å². The van der Waals surface area contributed by atoms with Crippen LogP contribution in [0.25, 0.3) is 0 Å². The Hall–Kier alpha value is -1.66. The van der Waals surface area contributed by atoms with Gasteiger partial charge in [0.1, 0.15) is 4.90 Å². The SMILES string of the molecule is CCn1nc(C)c(S(=O)(=O)N[C@H](C)c2ccccc2)c1C. The number of hydrogen-bond donors (Lipinski definition) is 1. The third-order valence-corrected chi connectivity index (χ3v) is 5.31. The van der Waals surface area contributed by atoms with Gasteiger partial charge in [-0.25, -0.2) is 13.1 Å². The van der Waals surface area contributed by atoms with Gasteiger partial charge in [-0.3, -0.25) is 4.68 Å². The molecular weight excluding hydrogens is 286 g/mol. The molecule has 0 aliphatic carbocycles. The summed E-state index contributed by atoms with van der Waals surface area (Å²) in [6.45, 7) is 7.93. The van der Waals surface area contributed by atoms with E-state index in [1.54, 1.807) is 18.5 Å². The van der Waals surface area contributed by atoms with E-state index >= 15 is 0 Å². The van der Waals surface area contributed by atoms with Crippen LogP contribution in [0.2, 0.25) is 0 Å². The van der Waals surface area contributed by atoms with Gasteiger partial charge in [0.05, 0.1) is 11.4 Å². The van der Waals surface area contributed by atoms with Gasteiger partial charge in [-0.2, -0.15) is 5.10 Å². The summed E-state index contributed by atoms with van der Waals surface area (Å²) in [4.78, 5) is 0.284. The summed E-state index contributed by atoms with van der Waals surface area (Å²) in [7, 11) is -3.59. The Morgan fingerprint density at radius 2 is 1.86 bits per heavy atom. The molecule has 0 spiro atoms. The van der Waals surface area contributed by atoms with Gasteiger partial charge in [-0.1, -0.05) is 30.3 Å². The van der Waals surface area contributed by atoms with E-state index in [4.69, 9.17) is 0 Å². The third-order valence-electron chi connectivity index (χ3n) is 3.51. The van der Waals surface area contributed by atoms with Gasteiger partial charge in [0.25, 0.3) is 0 Å². The Morgan fingerprint density at radius 1 is 1.24 bits per heavy atom. The van der Waals surface area contributed by atoms with Crippen molar-refractivity contribution in [2.75, 3.05) is 0 Å². The summed E-state index contributed by atoms with van der Waals surface area (Å²) in [5.74, 6) is 0. The minimum Gasteiger partial charge on any atom is -0.268 e. The highest BCUT2D eigenvalue weighted by molar-refractivity contribution is 7.89. The highest BCUT2D eigenvalue weighted by Crippen LogP contribution is 2.22. The van der Waals surface area contributed by atoms with Gasteiger partial charge >= 0.3 is 0 Å². The topological polar surface area (TPSA) is 64.0 Å². The van der Waals surface area contributed by atoms with Crippen LogP contribution in [0.4, 0.5) is 0 Å². The number of benzene rings is 1. The van der Waals surface area contributed by atoms with E-state index in [-0.39, 0.29) is 10.9 Å². The van der Waals surface area contributed by atoms with Crippen LogP contribution in [0.3, 0.4) is 0 Å². The van der Waals surface area contributed by atoms with Gasteiger partial charge in [-0.15, -0.1) is 0 Å². The fraction of sp³-hybridized carbons (Fsp3) is 0.400. The number of rotatable bonds is 5. The normalized spacial score (nSPS) is 13.3. The number of aryl methyl sites for hydroxylation is 2. The first-order valence-corrected chi connectivity index (χ1v) is 8.46. The largest absolute Gasteiger partial charge is 0.268 e. The summed E-state index contributed by atoms with van der Waals surface area (Å²) in [6.07, 6.45) is 0. The molecule has 21 heavy (non-hydrogen) atoms. The fourth-order valence-corrected chi connectivity index (χ4v) is 4.12. The molecule has 0 aliphatic rings. The lowest BCUT2D eigenvalue weighted by Gasteiger charge is -2.15. The Labute approximate surface area is 126 Å². The fourth-order valence-electron chi connectivity index (χ4n) is 2.48. The average molecular weight is 307 g/mol. The molecule has 114 valence electrons. The lowest BCUT2D eigenvalue weighted by molar-refractivity contribution is 0.565. The van der Waals surface area contributed by atoms with E-state index in [9.17, 15) is 8.42 Å². The van der Waals surface area contributed by atoms with E-state index in [0.717, 1.165) is 5.56 Å². The maximum absolute atomic E-state index is 12.6. The van der Waals surface area contributed by atoms with Crippen molar-refractivity contribution >= 4 is 10.0 Å². The minimum atomic E-state index is -3.59. The number of aromatic nitrogens is 2. The zero-order chi connectivity index (χ0) is 15.6. The van der Waals surface area contributed by atoms with Crippen LogP contribution < -0.4 is 4.72 Å². The molecule has 2 rings (SSSR count). The van der Waals surface area contributed by atoms with Crippen molar-refractivity contribution in [1.29, 1.82) is 0 Å². The first kappa shape index (κ1) is 15.7. The van der Waals surface area contributed by atoms with Crippen molar-refractivity contribution in [2.24, 2.45) is 0 Å². The molecule has 0 radical (unpaired) electrons. The molecule has 0 amide bonds. The Morgan fingerprint density at radius 3 is 2.38 bits per heavy atom. The van der Waals surface area contributed by atoms with Crippen LogP contribution in [-0.2, 0) is 16.6 Å². The average Bonchev–Trinajstić information content (AvgIpc) is 2.74. The van der Waals surface area contributed by atoms with Crippen LogP contribution in [0.5, 0.6) is 0 Å². The standard InChI is InChI=1S/C15H21N3O2S/c1-5-18-13(4)15(12(3)16-18)21(19,20)17-11(2)14-9-7-6-8-10-14/h6-11,17H,5H2,1-4H3/t11-/m1/s1. The van der Waals surface area contributed by atoms with Crippen molar-refractivity contribution < 1.29 is 8.42 Å². The summed E-state index contributed by atoms with van der Waals surface area (Å²) in [5, 5.41) is 4.27. The van der Waals surface area contributed by atoms with E-state index < -0.39 is 10.0 Å². The molecule has 1 aromatic carbocycles. The first-order valence-electron chi connectivity index (χ1n) is 6.98. The Kier molecular flexibility index (Phi) is 4.49. The second-order valence-electron chi connectivity index (χ2n) is 5.07. The van der Waals surface area contributed by atoms with E-state index in [2.05, 4.69) is 9.82 Å². The van der Waals surface area contributed by atoms with Crippen molar-refractivity contribution in [1.82, 2.24) is 14.5 Å². The molecule has 0 unspecified atom stereocenters. The molecule has 0 aliphatic heterocycles. The van der Waals surface area contributed by atoms with E-state index in [1.807, 2.05) is 44.2 Å². The molecule has 0 fully saturated rings. The third kappa shape index (κ3) is 3.16. The molecule has 1 N–H and O–H groups in total. The number of sulfonamides is 1. The quantitative estimate of drug-likeness (QED) is 0.923. The molecule has 0 bridgehead atoms. The maximum atomic E-state index is 12.6. The Bertz CT molecular complexity index is 721. The van der Waals surface area contributed by atoms with E-state index in [0.29, 0.717) is 17.9 Å². The van der Waals surface area contributed by atoms with Gasteiger partial charge < -0.3 is 0 Å². The van der Waals surface area contributed by atoms with Crippen molar-refractivity contribution in [3.05, 3.63) is 47.3 Å². The molecule has 1 atom stereocenters. The predicted molar refractivity (Wildman–Crippen MR) is 82.6 cm³/mol. The molecule has 2 aromatic rings. The van der Waals surface area contributed by atoms with Gasteiger partial charge in [-0.05, 0) is 33.3 Å². The van der Waals surface area contributed by atoms with Gasteiger partial charge in [0.15, 0.2) is 0 Å². The molecule has 1 heterocycles. The molecule has 1 aromatic heterocycles. The minimum absolute atomic E-state index is 0.284. The zero-order valence-corrected chi connectivity index (χ0v) is 13.6. The predicted octanol–water partition coefficient (Wildman–Crippen LogP) is 2.56. The lowest BCUT2D eigenvalue weighted by atomic mass is 10.1. The summed E-state index contributed by atoms with van der Waals surface area (Å²) in [6, 6.07) is 9.21. The van der Waals surface area contributed by atoms with Gasteiger partial charge in [0, 0.05) is 12.6 Å². The monoisotopic (exact) mass is 307 g/mol. The van der Waals surface area contributed by atoms with Crippen molar-refractivity contribution in [3.8, 4) is 0 Å². The van der Waals surface area contributed by atoms with E-state index in [1.165, 1.54) is 0 Å². The van der Waals surface area contributed by atoms with Crippen LogP contribution in [0, 0.1) is 13.8 Å². The first-order chi connectivity index (χ1) is 9.86.